The third-order valence-corrected chi connectivity index (χ3v) is 2.24. The van der Waals surface area contributed by atoms with Gasteiger partial charge in [-0.15, -0.1) is 0 Å². The van der Waals surface area contributed by atoms with Crippen molar-refractivity contribution in [3.05, 3.63) is 39.4 Å². The minimum atomic E-state index is -5.18. The van der Waals surface area contributed by atoms with E-state index in [2.05, 4.69) is 0 Å². The third kappa shape index (κ3) is 3.34. The van der Waals surface area contributed by atoms with Crippen molar-refractivity contribution < 1.29 is 31.3 Å². The first-order valence-corrected chi connectivity index (χ1v) is 4.62. The van der Waals surface area contributed by atoms with Gasteiger partial charge in [0.15, 0.2) is 0 Å². The Morgan fingerprint density at radius 2 is 1.68 bits per heavy atom. The van der Waals surface area contributed by atoms with E-state index in [9.17, 15) is 36.5 Å². The maximum atomic E-state index is 12.6. The number of non-ortho nitro benzene ring substituents is 1. The number of rotatable bonds is 2. The van der Waals surface area contributed by atoms with Gasteiger partial charge in [-0.25, -0.2) is 0 Å². The first kappa shape index (κ1) is 15.2. The highest BCUT2D eigenvalue weighted by Gasteiger charge is 2.44. The smallest absolute Gasteiger partial charge is 0.316 e. The van der Waals surface area contributed by atoms with Crippen LogP contribution < -0.4 is 5.73 Å². The van der Waals surface area contributed by atoms with Gasteiger partial charge >= 0.3 is 12.4 Å². The van der Waals surface area contributed by atoms with Gasteiger partial charge in [0.25, 0.3) is 5.69 Å². The normalized spacial score (nSPS) is 14.3. The predicted molar refractivity (Wildman–Crippen MR) is 51.1 cm³/mol. The fraction of sp³-hybridized carbons (Fsp3) is 0.333. The van der Waals surface area contributed by atoms with Crippen molar-refractivity contribution in [2.24, 2.45) is 5.73 Å². The van der Waals surface area contributed by atoms with E-state index in [-0.39, 0.29) is 6.07 Å². The number of hydrogen-bond acceptors (Lipinski definition) is 3. The zero-order valence-electron chi connectivity index (χ0n) is 8.92. The molecule has 0 amide bonds. The summed E-state index contributed by atoms with van der Waals surface area (Å²) in [7, 11) is 0. The van der Waals surface area contributed by atoms with Crippen molar-refractivity contribution in [2.45, 2.75) is 18.4 Å². The van der Waals surface area contributed by atoms with E-state index >= 15 is 0 Å². The Kier molecular flexibility index (Phi) is 3.75. The van der Waals surface area contributed by atoms with Crippen LogP contribution in [-0.2, 0) is 6.18 Å². The molecule has 106 valence electrons. The molecule has 0 unspecified atom stereocenters. The van der Waals surface area contributed by atoms with Crippen molar-refractivity contribution >= 4 is 5.69 Å². The summed E-state index contributed by atoms with van der Waals surface area (Å²) in [5, 5.41) is 10.3. The van der Waals surface area contributed by atoms with Crippen LogP contribution >= 0.6 is 0 Å². The topological polar surface area (TPSA) is 69.2 Å². The summed E-state index contributed by atoms with van der Waals surface area (Å²) in [6, 6.07) is -1.94. The van der Waals surface area contributed by atoms with Crippen LogP contribution in [0, 0.1) is 10.1 Å². The molecule has 0 fully saturated rings. The third-order valence-electron chi connectivity index (χ3n) is 2.24. The molecule has 0 saturated carbocycles. The molecule has 19 heavy (non-hydrogen) atoms. The number of nitro benzene ring substituents is 1. The molecule has 0 saturated heterocycles. The molecule has 0 bridgehead atoms. The first-order valence-electron chi connectivity index (χ1n) is 4.62. The van der Waals surface area contributed by atoms with Crippen molar-refractivity contribution in [1.29, 1.82) is 0 Å². The molecular formula is C9H6F6N2O2. The summed E-state index contributed by atoms with van der Waals surface area (Å²) >= 11 is 0. The molecule has 1 atom stereocenters. The van der Waals surface area contributed by atoms with Crippen LogP contribution in [0.25, 0.3) is 0 Å². The summed E-state index contributed by atoms with van der Waals surface area (Å²) in [6.45, 7) is 0. The number of benzene rings is 1. The van der Waals surface area contributed by atoms with E-state index in [0.29, 0.717) is 12.1 Å². The van der Waals surface area contributed by atoms with E-state index in [4.69, 9.17) is 5.73 Å². The van der Waals surface area contributed by atoms with Crippen LogP contribution in [0.4, 0.5) is 32.0 Å². The van der Waals surface area contributed by atoms with Gasteiger partial charge in [-0.05, 0) is 11.6 Å². The largest absolute Gasteiger partial charge is 0.416 e. The SMILES string of the molecule is N[C@H](c1ccc([N+](=O)[O-])cc1C(F)(F)F)C(F)(F)F. The Labute approximate surface area is 102 Å². The van der Waals surface area contributed by atoms with Gasteiger partial charge in [0.05, 0.1) is 10.5 Å². The Balaban J connectivity index is 3.45. The number of nitrogens with zero attached hydrogens (tertiary/aromatic N) is 1. The minimum Gasteiger partial charge on any atom is -0.316 e. The fourth-order valence-corrected chi connectivity index (χ4v) is 1.35. The Morgan fingerprint density at radius 3 is 2.05 bits per heavy atom. The van der Waals surface area contributed by atoms with Gasteiger partial charge in [0, 0.05) is 12.1 Å². The van der Waals surface area contributed by atoms with Crippen LogP contribution in [0.15, 0.2) is 18.2 Å². The molecule has 1 aromatic rings. The molecule has 0 spiro atoms. The van der Waals surface area contributed by atoms with Gasteiger partial charge in [0.2, 0.25) is 0 Å². The van der Waals surface area contributed by atoms with Gasteiger partial charge < -0.3 is 5.73 Å². The van der Waals surface area contributed by atoms with Crippen molar-refractivity contribution in [1.82, 2.24) is 0 Å². The number of nitrogens with two attached hydrogens (primary N) is 1. The summed E-state index contributed by atoms with van der Waals surface area (Å²) in [6.07, 6.45) is -10.3. The number of hydrogen-bond donors (Lipinski definition) is 1. The van der Waals surface area contributed by atoms with Crippen LogP contribution in [0.2, 0.25) is 0 Å². The highest BCUT2D eigenvalue weighted by Crippen LogP contribution is 2.40. The van der Waals surface area contributed by atoms with Gasteiger partial charge in [-0.3, -0.25) is 10.1 Å². The van der Waals surface area contributed by atoms with E-state index in [1.165, 1.54) is 0 Å². The quantitative estimate of drug-likeness (QED) is 0.516. The lowest BCUT2D eigenvalue weighted by Crippen LogP contribution is -2.30. The lowest BCUT2D eigenvalue weighted by atomic mass is 9.99. The summed E-state index contributed by atoms with van der Waals surface area (Å²) in [5.74, 6) is 0. The molecule has 1 aromatic carbocycles. The Hall–Kier alpha value is -1.84. The lowest BCUT2D eigenvalue weighted by Gasteiger charge is -2.20. The second kappa shape index (κ2) is 4.68. The fourth-order valence-electron chi connectivity index (χ4n) is 1.35. The van der Waals surface area contributed by atoms with Crippen molar-refractivity contribution in [3.63, 3.8) is 0 Å². The van der Waals surface area contributed by atoms with E-state index < -0.39 is 40.1 Å². The molecule has 0 heterocycles. The van der Waals surface area contributed by atoms with Crippen LogP contribution in [0.3, 0.4) is 0 Å². The monoisotopic (exact) mass is 288 g/mol. The second-order valence-electron chi connectivity index (χ2n) is 3.55. The second-order valence-corrected chi connectivity index (χ2v) is 3.55. The molecule has 0 aliphatic carbocycles. The molecule has 0 aliphatic rings. The maximum absolute atomic E-state index is 12.6. The molecule has 1 rings (SSSR count). The molecule has 0 radical (unpaired) electrons. The zero-order chi connectivity index (χ0) is 15.0. The number of nitro groups is 1. The average molecular weight is 288 g/mol. The molecule has 4 nitrogen and oxygen atoms in total. The van der Waals surface area contributed by atoms with Crippen molar-refractivity contribution in [2.75, 3.05) is 0 Å². The van der Waals surface area contributed by atoms with Crippen LogP contribution in [0.1, 0.15) is 17.2 Å². The Bertz CT molecular complexity index is 496. The average Bonchev–Trinajstić information content (AvgIpc) is 2.24. The van der Waals surface area contributed by atoms with E-state index in [1.807, 2.05) is 0 Å². The van der Waals surface area contributed by atoms with Crippen molar-refractivity contribution in [3.8, 4) is 0 Å². The number of halogens is 6. The lowest BCUT2D eigenvalue weighted by molar-refractivity contribution is -0.385. The van der Waals surface area contributed by atoms with Crippen LogP contribution in [-0.4, -0.2) is 11.1 Å². The Morgan fingerprint density at radius 1 is 1.16 bits per heavy atom. The standard InChI is InChI=1S/C9H6F6N2O2/c10-8(11,12)6-3-4(17(18)19)1-2-5(6)7(16)9(13,14)15/h1-3,7H,16H2/t7-/m1/s1. The minimum absolute atomic E-state index is 0.0287. The van der Waals surface area contributed by atoms with E-state index in [1.54, 1.807) is 0 Å². The summed E-state index contributed by atoms with van der Waals surface area (Å²) in [4.78, 5) is 9.20. The highest BCUT2D eigenvalue weighted by atomic mass is 19.4. The van der Waals surface area contributed by atoms with Gasteiger partial charge in [0.1, 0.15) is 6.04 Å². The molecule has 2 N–H and O–H groups in total. The van der Waals surface area contributed by atoms with Crippen LogP contribution in [0.5, 0.6) is 0 Å². The first-order chi connectivity index (χ1) is 8.44. The summed E-state index contributed by atoms with van der Waals surface area (Å²) in [5.41, 5.74) is 0.703. The molecular weight excluding hydrogens is 282 g/mol. The number of alkyl halides is 6. The van der Waals surface area contributed by atoms with Gasteiger partial charge in [-0.1, -0.05) is 0 Å². The zero-order valence-corrected chi connectivity index (χ0v) is 8.92. The van der Waals surface area contributed by atoms with E-state index in [0.717, 1.165) is 0 Å². The maximum Gasteiger partial charge on any atom is 0.416 e. The predicted octanol–water partition coefficient (Wildman–Crippen LogP) is 3.18. The summed E-state index contributed by atoms with van der Waals surface area (Å²) < 4.78 is 74.8. The molecule has 0 aromatic heterocycles. The molecule has 0 aliphatic heterocycles. The van der Waals surface area contributed by atoms with Gasteiger partial charge in [-0.2, -0.15) is 26.3 Å². The molecule has 10 heteroatoms. The highest BCUT2D eigenvalue weighted by molar-refractivity contribution is 5.43.